The molecule has 0 saturated carbocycles. The molecule has 0 fully saturated rings. The average Bonchev–Trinajstić information content (AvgIpc) is 3.06. The highest BCUT2D eigenvalue weighted by Gasteiger charge is 2.41. The van der Waals surface area contributed by atoms with Crippen LogP contribution < -0.4 is 10.4 Å². The third-order valence-corrected chi connectivity index (χ3v) is 13.6. The van der Waals surface area contributed by atoms with Crippen LogP contribution in [0.3, 0.4) is 0 Å². The van der Waals surface area contributed by atoms with Crippen molar-refractivity contribution in [3.05, 3.63) is 156 Å². The van der Waals surface area contributed by atoms with Gasteiger partial charge >= 0.3 is 0 Å². The van der Waals surface area contributed by atoms with Crippen LogP contribution in [-0.4, -0.2) is 8.07 Å². The zero-order valence-electron chi connectivity index (χ0n) is 28.2. The maximum absolute atomic E-state index is 2.58. The predicted molar refractivity (Wildman–Crippen MR) is 207 cm³/mol. The number of fused-ring (bicyclic) bond motifs is 2. The SMILES string of the molecule is Cc1cc(C)cc(-c2c(-c3cc(C)cc(C)c3)c(-c3ccccc3)c3c(c2-c2ccccc2)-c2cccc4cccc(c24)[Si]3(C)C)c1. The van der Waals surface area contributed by atoms with Crippen molar-refractivity contribution in [1.82, 2.24) is 0 Å². The van der Waals surface area contributed by atoms with Gasteiger partial charge in [-0.3, -0.25) is 0 Å². The van der Waals surface area contributed by atoms with E-state index < -0.39 is 8.07 Å². The van der Waals surface area contributed by atoms with Gasteiger partial charge in [0.2, 0.25) is 0 Å². The Kier molecular flexibility index (Phi) is 6.93. The minimum absolute atomic E-state index is 1.27. The van der Waals surface area contributed by atoms with Gasteiger partial charge in [0.15, 0.2) is 0 Å². The molecule has 0 nitrogen and oxygen atoms in total. The molecule has 0 atom stereocenters. The first-order valence-electron chi connectivity index (χ1n) is 16.8. The highest BCUT2D eigenvalue weighted by Crippen LogP contribution is 2.52. The lowest BCUT2D eigenvalue weighted by Crippen LogP contribution is -2.57. The third-order valence-electron chi connectivity index (χ3n) is 10.1. The first-order valence-corrected chi connectivity index (χ1v) is 19.8. The lowest BCUT2D eigenvalue weighted by molar-refractivity contribution is 1.37. The van der Waals surface area contributed by atoms with Gasteiger partial charge in [-0.2, -0.15) is 0 Å². The third kappa shape index (κ3) is 4.72. The number of hydrogen-bond acceptors (Lipinski definition) is 0. The minimum atomic E-state index is -2.29. The summed E-state index contributed by atoms with van der Waals surface area (Å²) >= 11 is 0. The van der Waals surface area contributed by atoms with E-state index in [4.69, 9.17) is 0 Å². The summed E-state index contributed by atoms with van der Waals surface area (Å²) in [6.07, 6.45) is 0. The van der Waals surface area contributed by atoms with Gasteiger partial charge in [0.05, 0.1) is 0 Å². The molecular weight excluding hydrogens is 581 g/mol. The van der Waals surface area contributed by atoms with Crippen LogP contribution in [0.15, 0.2) is 133 Å². The second kappa shape index (κ2) is 11.1. The molecule has 0 saturated heterocycles. The molecule has 0 N–H and O–H groups in total. The van der Waals surface area contributed by atoms with Gasteiger partial charge in [-0.15, -0.1) is 0 Å². The summed E-state index contributed by atoms with van der Waals surface area (Å²) in [6, 6.07) is 50.6. The Hall–Kier alpha value is -4.98. The predicted octanol–water partition coefficient (Wildman–Crippen LogP) is 11.5. The fourth-order valence-electron chi connectivity index (χ4n) is 8.45. The highest BCUT2D eigenvalue weighted by atomic mass is 28.3. The first kappa shape index (κ1) is 29.4. The lowest BCUT2D eigenvalue weighted by Gasteiger charge is -2.39. The van der Waals surface area contributed by atoms with E-state index >= 15 is 0 Å². The van der Waals surface area contributed by atoms with Crippen molar-refractivity contribution in [3.8, 4) is 55.6 Å². The number of aryl methyl sites for hydroxylation is 4. The second-order valence-electron chi connectivity index (χ2n) is 14.1. The Balaban J connectivity index is 1.73. The standard InChI is InChI=1S/C46H40Si/c1-29-23-30(2)26-36(25-29)42-41(34-15-9-7-10-16-34)45-38-21-13-19-33-20-14-22-39(40(33)38)47(5,6)46(45)44(35-17-11-8-12-18-35)43(42)37-27-31(3)24-32(4)28-37/h7-28H,1-6H3. The number of hydrogen-bond donors (Lipinski definition) is 0. The topological polar surface area (TPSA) is 0 Å². The molecule has 0 amide bonds. The Morgan fingerprint density at radius 3 is 1.36 bits per heavy atom. The summed E-state index contributed by atoms with van der Waals surface area (Å²) in [5, 5.41) is 5.83. The van der Waals surface area contributed by atoms with Gasteiger partial charge in [0.25, 0.3) is 0 Å². The molecule has 1 heterocycles. The summed E-state index contributed by atoms with van der Waals surface area (Å²) in [7, 11) is -2.29. The summed E-state index contributed by atoms with van der Waals surface area (Å²) in [5.74, 6) is 0. The molecule has 1 aliphatic rings. The van der Waals surface area contributed by atoms with E-state index in [1.54, 1.807) is 0 Å². The highest BCUT2D eigenvalue weighted by molar-refractivity contribution is 7.04. The van der Waals surface area contributed by atoms with E-state index in [9.17, 15) is 0 Å². The van der Waals surface area contributed by atoms with Gasteiger partial charge in [-0.05, 0) is 104 Å². The Labute approximate surface area is 280 Å². The summed E-state index contributed by atoms with van der Waals surface area (Å²) in [4.78, 5) is 0. The second-order valence-corrected chi connectivity index (χ2v) is 18.4. The zero-order valence-corrected chi connectivity index (χ0v) is 29.2. The molecule has 0 radical (unpaired) electrons. The molecule has 47 heavy (non-hydrogen) atoms. The van der Waals surface area contributed by atoms with Crippen LogP contribution in [0.25, 0.3) is 66.4 Å². The molecule has 8 rings (SSSR count). The molecular formula is C46H40Si. The van der Waals surface area contributed by atoms with Crippen molar-refractivity contribution in [2.75, 3.05) is 0 Å². The van der Waals surface area contributed by atoms with Crippen LogP contribution in [0, 0.1) is 27.7 Å². The van der Waals surface area contributed by atoms with Crippen LogP contribution in [0.4, 0.5) is 0 Å². The molecule has 0 aromatic heterocycles. The normalized spacial score (nSPS) is 13.1. The van der Waals surface area contributed by atoms with Gasteiger partial charge in [0, 0.05) is 0 Å². The zero-order chi connectivity index (χ0) is 32.4. The van der Waals surface area contributed by atoms with Crippen molar-refractivity contribution in [2.24, 2.45) is 0 Å². The van der Waals surface area contributed by atoms with Crippen molar-refractivity contribution in [2.45, 2.75) is 40.8 Å². The fourth-order valence-corrected chi connectivity index (χ4v) is 11.9. The van der Waals surface area contributed by atoms with E-state index in [-0.39, 0.29) is 0 Å². The Morgan fingerprint density at radius 2 is 0.830 bits per heavy atom. The molecule has 1 aliphatic heterocycles. The molecule has 228 valence electrons. The number of rotatable bonds is 4. The smallest absolute Gasteiger partial charge is 0.0622 e. The van der Waals surface area contributed by atoms with Crippen molar-refractivity contribution < 1.29 is 0 Å². The maximum atomic E-state index is 2.58. The van der Waals surface area contributed by atoms with E-state index in [0.29, 0.717) is 0 Å². The monoisotopic (exact) mass is 620 g/mol. The summed E-state index contributed by atoms with van der Waals surface area (Å²) in [6.45, 7) is 14.1. The fraction of sp³-hybridized carbons (Fsp3) is 0.130. The maximum Gasteiger partial charge on any atom is 0.114 e. The minimum Gasteiger partial charge on any atom is -0.0622 e. The van der Waals surface area contributed by atoms with Crippen molar-refractivity contribution in [3.63, 3.8) is 0 Å². The van der Waals surface area contributed by atoms with Crippen LogP contribution >= 0.6 is 0 Å². The van der Waals surface area contributed by atoms with E-state index in [1.165, 1.54) is 99.0 Å². The molecule has 7 aromatic carbocycles. The van der Waals surface area contributed by atoms with Crippen LogP contribution in [-0.2, 0) is 0 Å². The van der Waals surface area contributed by atoms with E-state index in [0.717, 1.165) is 0 Å². The molecule has 7 aromatic rings. The molecule has 1 heteroatoms. The van der Waals surface area contributed by atoms with Gasteiger partial charge in [0.1, 0.15) is 8.07 Å². The van der Waals surface area contributed by atoms with Crippen molar-refractivity contribution >= 4 is 29.2 Å². The average molecular weight is 621 g/mol. The van der Waals surface area contributed by atoms with Gasteiger partial charge < -0.3 is 0 Å². The first-order chi connectivity index (χ1) is 22.7. The molecule has 0 spiro atoms. The van der Waals surface area contributed by atoms with E-state index in [2.05, 4.69) is 174 Å². The molecule has 0 aliphatic carbocycles. The Morgan fingerprint density at radius 1 is 0.383 bits per heavy atom. The Bertz CT molecular complexity index is 2300. The van der Waals surface area contributed by atoms with Gasteiger partial charge in [-0.1, -0.05) is 169 Å². The largest absolute Gasteiger partial charge is 0.114 e. The van der Waals surface area contributed by atoms with Crippen molar-refractivity contribution in [1.29, 1.82) is 0 Å². The molecule has 0 bridgehead atoms. The van der Waals surface area contributed by atoms with Gasteiger partial charge in [-0.25, -0.2) is 0 Å². The summed E-state index contributed by atoms with van der Waals surface area (Å²) < 4.78 is 0. The van der Waals surface area contributed by atoms with Crippen LogP contribution in [0.2, 0.25) is 13.1 Å². The molecule has 0 unspecified atom stereocenters. The van der Waals surface area contributed by atoms with Crippen LogP contribution in [0.5, 0.6) is 0 Å². The summed E-state index contributed by atoms with van der Waals surface area (Å²) in [5.41, 5.74) is 18.4. The number of benzene rings is 7. The van der Waals surface area contributed by atoms with Crippen LogP contribution in [0.1, 0.15) is 22.3 Å². The quantitative estimate of drug-likeness (QED) is 0.172. The van der Waals surface area contributed by atoms with E-state index in [1.807, 2.05) is 0 Å². The lowest BCUT2D eigenvalue weighted by atomic mass is 9.77.